The van der Waals surface area contributed by atoms with Crippen molar-refractivity contribution in [3.05, 3.63) is 81.9 Å². The zero-order valence-electron chi connectivity index (χ0n) is 21.8. The standard InChI is InChI=1S/C28H27N3O8/c1-5-16-9-11-17(12-10-16)29-27(32)22-23(20-13-14-21(36-2)25(38-4)24(20)37-3)30(39-26(22)28(29)33)18-7-6-8-19(15-18)31(34)35/h6-15,22-23,26H,5H2,1-4H3/t22-,23+,26-/m1/s1. The van der Waals surface area contributed by atoms with Gasteiger partial charge < -0.3 is 14.2 Å². The number of aryl methyl sites for hydroxylation is 1. The molecular weight excluding hydrogens is 506 g/mol. The van der Waals surface area contributed by atoms with Crippen LogP contribution in [-0.2, 0) is 20.8 Å². The molecular formula is C28H27N3O8. The van der Waals surface area contributed by atoms with Crippen molar-refractivity contribution in [1.29, 1.82) is 0 Å². The number of imide groups is 1. The maximum atomic E-state index is 14.0. The predicted octanol–water partition coefficient (Wildman–Crippen LogP) is 4.23. The molecule has 0 radical (unpaired) electrons. The topological polar surface area (TPSA) is 121 Å². The van der Waals surface area contributed by atoms with Gasteiger partial charge in [0.15, 0.2) is 17.6 Å². The third-order valence-electron chi connectivity index (χ3n) is 7.07. The molecule has 3 aromatic carbocycles. The van der Waals surface area contributed by atoms with Crippen molar-refractivity contribution in [3.63, 3.8) is 0 Å². The summed E-state index contributed by atoms with van der Waals surface area (Å²) in [7, 11) is 4.40. The highest BCUT2D eigenvalue weighted by Gasteiger charge is 2.61. The minimum Gasteiger partial charge on any atom is -0.493 e. The average Bonchev–Trinajstić information content (AvgIpc) is 3.47. The molecule has 11 nitrogen and oxygen atoms in total. The van der Waals surface area contributed by atoms with Crippen molar-refractivity contribution >= 4 is 28.9 Å². The fourth-order valence-corrected chi connectivity index (χ4v) is 5.19. The van der Waals surface area contributed by atoms with Crippen molar-refractivity contribution in [2.24, 2.45) is 5.92 Å². The Morgan fingerprint density at radius 2 is 1.62 bits per heavy atom. The summed E-state index contributed by atoms with van der Waals surface area (Å²) in [5.41, 5.74) is 2.14. The molecule has 5 rings (SSSR count). The van der Waals surface area contributed by atoms with E-state index >= 15 is 0 Å². The number of hydrogen-bond donors (Lipinski definition) is 0. The van der Waals surface area contributed by atoms with E-state index in [-0.39, 0.29) is 11.4 Å². The lowest BCUT2D eigenvalue weighted by atomic mass is 9.89. The molecule has 2 aliphatic rings. The first-order valence-corrected chi connectivity index (χ1v) is 12.3. The molecule has 0 N–H and O–H groups in total. The summed E-state index contributed by atoms with van der Waals surface area (Å²) in [6, 6.07) is 15.5. The summed E-state index contributed by atoms with van der Waals surface area (Å²) in [5, 5.41) is 12.9. The van der Waals surface area contributed by atoms with Crippen molar-refractivity contribution in [1.82, 2.24) is 0 Å². The van der Waals surface area contributed by atoms with Gasteiger partial charge >= 0.3 is 0 Å². The molecule has 2 saturated heterocycles. The zero-order valence-corrected chi connectivity index (χ0v) is 21.8. The Balaban J connectivity index is 1.66. The maximum absolute atomic E-state index is 14.0. The third kappa shape index (κ3) is 4.20. The predicted molar refractivity (Wildman–Crippen MR) is 141 cm³/mol. The number of methoxy groups -OCH3 is 3. The minimum atomic E-state index is -1.16. The molecule has 2 heterocycles. The highest BCUT2D eigenvalue weighted by Crippen LogP contribution is 2.52. The summed E-state index contributed by atoms with van der Waals surface area (Å²) in [6.45, 7) is 2.02. The van der Waals surface area contributed by atoms with Gasteiger partial charge in [-0.25, -0.2) is 9.96 Å². The number of fused-ring (bicyclic) bond motifs is 1. The van der Waals surface area contributed by atoms with Crippen molar-refractivity contribution < 1.29 is 33.6 Å². The first-order valence-electron chi connectivity index (χ1n) is 12.3. The Labute approximate surface area is 224 Å². The van der Waals surface area contributed by atoms with E-state index < -0.39 is 34.8 Å². The SMILES string of the molecule is CCc1ccc(N2C(=O)[C@H]3[C@@H](ON(c4cccc([N+](=O)[O-])c4)[C@H]3c3ccc(OC)c(OC)c3OC)C2=O)cc1. The number of ether oxygens (including phenoxy) is 3. The van der Waals surface area contributed by atoms with Gasteiger partial charge in [-0.3, -0.25) is 24.5 Å². The Morgan fingerprint density at radius 1 is 0.897 bits per heavy atom. The number of carbonyl (C=O) groups is 2. The monoisotopic (exact) mass is 533 g/mol. The van der Waals surface area contributed by atoms with Crippen LogP contribution in [0.4, 0.5) is 17.1 Å². The van der Waals surface area contributed by atoms with E-state index in [4.69, 9.17) is 19.0 Å². The van der Waals surface area contributed by atoms with Crippen molar-refractivity contribution in [3.8, 4) is 17.2 Å². The van der Waals surface area contributed by atoms with Gasteiger partial charge in [0, 0.05) is 17.7 Å². The number of nitro groups is 1. The van der Waals surface area contributed by atoms with Gasteiger partial charge in [0.05, 0.1) is 37.6 Å². The van der Waals surface area contributed by atoms with E-state index in [2.05, 4.69) is 0 Å². The van der Waals surface area contributed by atoms with Crippen LogP contribution in [0, 0.1) is 16.0 Å². The molecule has 202 valence electrons. The first kappa shape index (κ1) is 26.0. The van der Waals surface area contributed by atoms with Gasteiger partial charge in [0.2, 0.25) is 11.7 Å². The summed E-state index contributed by atoms with van der Waals surface area (Å²) < 4.78 is 16.7. The number of hydrogen-bond acceptors (Lipinski definition) is 9. The van der Waals surface area contributed by atoms with Crippen LogP contribution in [0.2, 0.25) is 0 Å². The molecule has 2 aliphatic heterocycles. The van der Waals surface area contributed by atoms with Crippen LogP contribution < -0.4 is 24.2 Å². The fraction of sp³-hybridized carbons (Fsp3) is 0.286. The second-order valence-electron chi connectivity index (χ2n) is 9.05. The number of non-ortho nitro benzene ring substituents is 1. The minimum absolute atomic E-state index is 0.165. The molecule has 0 spiro atoms. The molecule has 2 amide bonds. The number of benzene rings is 3. The highest BCUT2D eigenvalue weighted by molar-refractivity contribution is 6.24. The molecule has 0 saturated carbocycles. The normalized spacial score (nSPS) is 20.3. The Kier molecular flexibility index (Phi) is 6.83. The van der Waals surface area contributed by atoms with Crippen LogP contribution in [0.5, 0.6) is 17.2 Å². The van der Waals surface area contributed by atoms with Gasteiger partial charge in [-0.2, -0.15) is 0 Å². The Hall–Kier alpha value is -4.64. The zero-order chi connectivity index (χ0) is 27.8. The summed E-state index contributed by atoms with van der Waals surface area (Å²) in [5.74, 6) is -0.969. The van der Waals surface area contributed by atoms with Gasteiger partial charge in [0.1, 0.15) is 12.0 Å². The average molecular weight is 534 g/mol. The lowest BCUT2D eigenvalue weighted by molar-refractivity contribution is -0.384. The molecule has 2 fully saturated rings. The summed E-state index contributed by atoms with van der Waals surface area (Å²) in [4.78, 5) is 45.9. The highest BCUT2D eigenvalue weighted by atomic mass is 16.7. The third-order valence-corrected chi connectivity index (χ3v) is 7.07. The number of nitro benzene ring substituents is 1. The lowest BCUT2D eigenvalue weighted by Gasteiger charge is -2.30. The Morgan fingerprint density at radius 3 is 2.23 bits per heavy atom. The number of hydroxylamine groups is 1. The van der Waals surface area contributed by atoms with Gasteiger partial charge in [0.25, 0.3) is 11.6 Å². The van der Waals surface area contributed by atoms with Crippen molar-refractivity contribution in [2.75, 3.05) is 31.3 Å². The van der Waals surface area contributed by atoms with Crippen LogP contribution >= 0.6 is 0 Å². The second-order valence-corrected chi connectivity index (χ2v) is 9.05. The van der Waals surface area contributed by atoms with Crippen LogP contribution in [0.25, 0.3) is 0 Å². The molecule has 11 heteroatoms. The number of carbonyl (C=O) groups excluding carboxylic acids is 2. The summed E-state index contributed by atoms with van der Waals surface area (Å²) >= 11 is 0. The lowest BCUT2D eigenvalue weighted by Crippen LogP contribution is -2.37. The smallest absolute Gasteiger partial charge is 0.271 e. The van der Waals surface area contributed by atoms with Crippen LogP contribution in [0.1, 0.15) is 24.1 Å². The van der Waals surface area contributed by atoms with Gasteiger partial charge in [-0.05, 0) is 42.3 Å². The first-order chi connectivity index (χ1) is 18.8. The molecule has 0 bridgehead atoms. The van der Waals surface area contributed by atoms with Crippen LogP contribution in [0.15, 0.2) is 60.7 Å². The summed E-state index contributed by atoms with van der Waals surface area (Å²) in [6.07, 6.45) is -0.346. The molecule has 0 unspecified atom stereocenters. The van der Waals surface area contributed by atoms with Gasteiger partial charge in [-0.1, -0.05) is 25.1 Å². The molecule has 0 aromatic heterocycles. The van der Waals surface area contributed by atoms with E-state index in [9.17, 15) is 19.7 Å². The molecule has 3 atom stereocenters. The number of anilines is 2. The van der Waals surface area contributed by atoms with E-state index in [1.807, 2.05) is 19.1 Å². The van der Waals surface area contributed by atoms with E-state index in [0.29, 0.717) is 28.4 Å². The van der Waals surface area contributed by atoms with E-state index in [1.165, 1.54) is 44.6 Å². The molecule has 0 aliphatic carbocycles. The molecule has 39 heavy (non-hydrogen) atoms. The van der Waals surface area contributed by atoms with E-state index in [1.54, 1.807) is 30.3 Å². The van der Waals surface area contributed by atoms with Gasteiger partial charge in [-0.15, -0.1) is 0 Å². The van der Waals surface area contributed by atoms with Crippen molar-refractivity contribution in [2.45, 2.75) is 25.5 Å². The Bertz CT molecular complexity index is 1440. The maximum Gasteiger partial charge on any atom is 0.271 e. The number of nitrogens with zero attached hydrogens (tertiary/aromatic N) is 3. The number of amides is 2. The molecule has 3 aromatic rings. The van der Waals surface area contributed by atoms with Crippen LogP contribution in [0.3, 0.4) is 0 Å². The fourth-order valence-electron chi connectivity index (χ4n) is 5.19. The quantitative estimate of drug-likeness (QED) is 0.238. The van der Waals surface area contributed by atoms with Crippen LogP contribution in [-0.4, -0.2) is 44.2 Å². The largest absolute Gasteiger partial charge is 0.493 e. The second kappa shape index (κ2) is 10.3. The number of rotatable bonds is 8. The van der Waals surface area contributed by atoms with E-state index in [0.717, 1.165) is 16.9 Å².